The first kappa shape index (κ1) is 15.5. The summed E-state index contributed by atoms with van der Waals surface area (Å²) in [4.78, 5) is 2.23. The highest BCUT2D eigenvalue weighted by molar-refractivity contribution is 5.87. The van der Waals surface area contributed by atoms with Gasteiger partial charge in [0.1, 0.15) is 5.84 Å². The van der Waals surface area contributed by atoms with Crippen molar-refractivity contribution in [3.05, 3.63) is 35.9 Å². The number of hydrogen-bond acceptors (Lipinski definition) is 3. The fourth-order valence-corrected chi connectivity index (χ4v) is 2.01. The maximum Gasteiger partial charge on any atom is 0.147 e. The molecule has 4 nitrogen and oxygen atoms in total. The summed E-state index contributed by atoms with van der Waals surface area (Å²) in [6, 6.07) is 9.94. The van der Waals surface area contributed by atoms with Gasteiger partial charge in [-0.25, -0.2) is 0 Å². The average Bonchev–Trinajstić information content (AvgIpc) is 2.42. The Balaban J connectivity index is 2.71. The third-order valence-electron chi connectivity index (χ3n) is 3.26. The van der Waals surface area contributed by atoms with Gasteiger partial charge in [-0.05, 0) is 31.5 Å². The van der Waals surface area contributed by atoms with E-state index in [0.29, 0.717) is 5.92 Å². The van der Waals surface area contributed by atoms with E-state index >= 15 is 0 Å². The molecule has 0 radical (unpaired) electrons. The lowest BCUT2D eigenvalue weighted by Crippen LogP contribution is -2.33. The molecule has 0 spiro atoms. The zero-order valence-corrected chi connectivity index (χ0v) is 12.1. The number of oxime groups is 1. The van der Waals surface area contributed by atoms with E-state index in [9.17, 15) is 0 Å². The summed E-state index contributed by atoms with van der Waals surface area (Å²) in [5.41, 5.74) is 6.90. The normalized spacial score (nSPS) is 14.1. The number of hydrogen-bond donors (Lipinski definition) is 2. The minimum absolute atomic E-state index is 0.0663. The van der Waals surface area contributed by atoms with Crippen molar-refractivity contribution in [1.29, 1.82) is 0 Å². The van der Waals surface area contributed by atoms with Crippen LogP contribution in [0.3, 0.4) is 0 Å². The van der Waals surface area contributed by atoms with Gasteiger partial charge in [0, 0.05) is 6.54 Å². The molecule has 3 N–H and O–H groups in total. The molecular weight excluding hydrogens is 238 g/mol. The summed E-state index contributed by atoms with van der Waals surface area (Å²) in [7, 11) is 2.07. The Morgan fingerprint density at radius 1 is 1.32 bits per heavy atom. The molecule has 4 heteroatoms. The number of nitrogens with zero attached hydrogens (tertiary/aromatic N) is 2. The van der Waals surface area contributed by atoms with Gasteiger partial charge in [-0.3, -0.25) is 0 Å². The lowest BCUT2D eigenvalue weighted by atomic mass is 9.97. The van der Waals surface area contributed by atoms with E-state index in [-0.39, 0.29) is 11.8 Å². The first-order chi connectivity index (χ1) is 9.04. The molecule has 1 atom stereocenters. The van der Waals surface area contributed by atoms with Crippen LogP contribution in [0.1, 0.15) is 31.7 Å². The van der Waals surface area contributed by atoms with Gasteiger partial charge < -0.3 is 15.8 Å². The van der Waals surface area contributed by atoms with Crippen molar-refractivity contribution in [1.82, 2.24) is 4.90 Å². The van der Waals surface area contributed by atoms with Gasteiger partial charge in [-0.2, -0.15) is 0 Å². The second-order valence-corrected chi connectivity index (χ2v) is 5.43. The summed E-state index contributed by atoms with van der Waals surface area (Å²) in [5.74, 6) is 0.882. The third kappa shape index (κ3) is 5.30. The smallest absolute Gasteiger partial charge is 0.147 e. The van der Waals surface area contributed by atoms with Crippen LogP contribution in [0.15, 0.2) is 35.5 Å². The van der Waals surface area contributed by atoms with E-state index in [1.807, 2.05) is 30.3 Å². The molecule has 0 aromatic heterocycles. The number of amidine groups is 1. The van der Waals surface area contributed by atoms with Crippen LogP contribution < -0.4 is 5.73 Å². The van der Waals surface area contributed by atoms with E-state index in [1.54, 1.807) is 0 Å². The van der Waals surface area contributed by atoms with E-state index < -0.39 is 0 Å². The molecule has 0 saturated heterocycles. The molecule has 0 aliphatic rings. The number of rotatable bonds is 7. The van der Waals surface area contributed by atoms with Gasteiger partial charge in [0.15, 0.2) is 0 Å². The van der Waals surface area contributed by atoms with E-state index in [4.69, 9.17) is 10.9 Å². The van der Waals surface area contributed by atoms with Gasteiger partial charge in [-0.15, -0.1) is 0 Å². The molecule has 1 rings (SSSR count). The Morgan fingerprint density at radius 2 is 1.95 bits per heavy atom. The van der Waals surface area contributed by atoms with E-state index in [0.717, 1.165) is 25.1 Å². The fourth-order valence-electron chi connectivity index (χ4n) is 2.01. The molecule has 19 heavy (non-hydrogen) atoms. The zero-order valence-electron chi connectivity index (χ0n) is 12.1. The maximum atomic E-state index is 8.94. The predicted molar refractivity (Wildman–Crippen MR) is 79.5 cm³/mol. The van der Waals surface area contributed by atoms with E-state index in [1.165, 1.54) is 0 Å². The van der Waals surface area contributed by atoms with Crippen LogP contribution in [0, 0.1) is 5.92 Å². The van der Waals surface area contributed by atoms with Crippen LogP contribution in [0.4, 0.5) is 0 Å². The SMILES string of the molecule is CC(C)CCN(C)CC(C(N)=NO)c1ccccc1. The minimum atomic E-state index is -0.0663. The summed E-state index contributed by atoms with van der Waals surface area (Å²) in [6.45, 7) is 6.20. The molecule has 0 aliphatic heterocycles. The quantitative estimate of drug-likeness (QED) is 0.344. The van der Waals surface area contributed by atoms with Crippen molar-refractivity contribution < 1.29 is 5.21 Å². The Kier molecular flexibility index (Phi) is 6.36. The summed E-state index contributed by atoms with van der Waals surface area (Å²) < 4.78 is 0. The second-order valence-electron chi connectivity index (χ2n) is 5.43. The molecular formula is C15H25N3O. The Hall–Kier alpha value is -1.55. The maximum absolute atomic E-state index is 8.94. The van der Waals surface area contributed by atoms with E-state index in [2.05, 4.69) is 31.0 Å². The largest absolute Gasteiger partial charge is 0.409 e. The van der Waals surface area contributed by atoms with Crippen molar-refractivity contribution >= 4 is 5.84 Å². The average molecular weight is 263 g/mol. The lowest BCUT2D eigenvalue weighted by Gasteiger charge is -2.24. The van der Waals surface area contributed by atoms with Gasteiger partial charge in [-0.1, -0.05) is 49.3 Å². The fraction of sp³-hybridized carbons (Fsp3) is 0.533. The minimum Gasteiger partial charge on any atom is -0.409 e. The molecule has 0 amide bonds. The van der Waals surface area contributed by atoms with Gasteiger partial charge >= 0.3 is 0 Å². The monoisotopic (exact) mass is 263 g/mol. The number of likely N-dealkylation sites (N-methyl/N-ethyl adjacent to an activating group) is 1. The molecule has 1 unspecified atom stereocenters. The molecule has 106 valence electrons. The summed E-state index contributed by atoms with van der Waals surface area (Å²) in [6.07, 6.45) is 1.15. The highest BCUT2D eigenvalue weighted by Gasteiger charge is 2.18. The number of benzene rings is 1. The molecule has 1 aromatic carbocycles. The topological polar surface area (TPSA) is 61.8 Å². The van der Waals surface area contributed by atoms with Crippen molar-refractivity contribution in [2.45, 2.75) is 26.2 Å². The molecule has 0 aliphatic carbocycles. The standard InChI is InChI=1S/C15H25N3O/c1-12(2)9-10-18(3)11-14(15(16)17-19)13-7-5-4-6-8-13/h4-8,12,14,19H,9-11H2,1-3H3,(H2,16,17). The van der Waals surface area contributed by atoms with Gasteiger partial charge in [0.05, 0.1) is 5.92 Å². The van der Waals surface area contributed by atoms with Crippen LogP contribution in [-0.2, 0) is 0 Å². The highest BCUT2D eigenvalue weighted by atomic mass is 16.4. The molecule has 1 aromatic rings. The summed E-state index contributed by atoms with van der Waals surface area (Å²) in [5, 5.41) is 12.1. The Bertz CT molecular complexity index is 390. The second kappa shape index (κ2) is 7.79. The van der Waals surface area contributed by atoms with Crippen LogP contribution in [0.5, 0.6) is 0 Å². The Labute approximate surface area is 115 Å². The lowest BCUT2D eigenvalue weighted by molar-refractivity contribution is 0.295. The van der Waals surface area contributed by atoms with Crippen LogP contribution in [-0.4, -0.2) is 36.1 Å². The number of nitrogens with two attached hydrogens (primary N) is 1. The molecule has 0 heterocycles. The molecule has 0 fully saturated rings. The van der Waals surface area contributed by atoms with Crippen molar-refractivity contribution in [3.8, 4) is 0 Å². The van der Waals surface area contributed by atoms with Gasteiger partial charge in [0.25, 0.3) is 0 Å². The van der Waals surface area contributed by atoms with Crippen LogP contribution >= 0.6 is 0 Å². The molecule has 0 saturated carbocycles. The van der Waals surface area contributed by atoms with Crippen molar-refractivity contribution in [2.75, 3.05) is 20.1 Å². The van der Waals surface area contributed by atoms with Gasteiger partial charge in [0.2, 0.25) is 0 Å². The first-order valence-electron chi connectivity index (χ1n) is 6.75. The van der Waals surface area contributed by atoms with Crippen LogP contribution in [0.2, 0.25) is 0 Å². The first-order valence-corrected chi connectivity index (χ1v) is 6.75. The zero-order chi connectivity index (χ0) is 14.3. The molecule has 0 bridgehead atoms. The Morgan fingerprint density at radius 3 is 2.47 bits per heavy atom. The van der Waals surface area contributed by atoms with Crippen molar-refractivity contribution in [3.63, 3.8) is 0 Å². The van der Waals surface area contributed by atoms with Crippen LogP contribution in [0.25, 0.3) is 0 Å². The highest BCUT2D eigenvalue weighted by Crippen LogP contribution is 2.17. The predicted octanol–water partition coefficient (Wildman–Crippen LogP) is 2.49. The third-order valence-corrected chi connectivity index (χ3v) is 3.26. The van der Waals surface area contributed by atoms with Crippen molar-refractivity contribution in [2.24, 2.45) is 16.8 Å². The summed E-state index contributed by atoms with van der Waals surface area (Å²) >= 11 is 0.